The number of aliphatic hydroxyl groups is 1. The Balaban J connectivity index is 1.33. The van der Waals surface area contributed by atoms with E-state index < -0.39 is 22.0 Å². The zero-order valence-electron chi connectivity index (χ0n) is 24.3. The first kappa shape index (κ1) is 31.6. The molecule has 4 rings (SSSR count). The lowest BCUT2D eigenvalue weighted by Gasteiger charge is -2.24. The predicted molar refractivity (Wildman–Crippen MR) is 166 cm³/mol. The highest BCUT2D eigenvalue weighted by atomic mass is 32.2. The topological polar surface area (TPSA) is 137 Å². The molecule has 0 aliphatic rings. The SMILES string of the molecule is COC(=O)c1ccc(-c2ccc(OCCN[C@@H](C)[C@H](O)c3ccc(OCc4ccccc4)c(S(C)(=O)=O)c3N)cc2)cc1. The van der Waals surface area contributed by atoms with Gasteiger partial charge >= 0.3 is 5.97 Å². The normalized spacial score (nSPS) is 12.7. The van der Waals surface area contributed by atoms with Gasteiger partial charge in [0.05, 0.1) is 24.5 Å². The van der Waals surface area contributed by atoms with Crippen LogP contribution in [0.25, 0.3) is 11.1 Å². The molecule has 9 nitrogen and oxygen atoms in total. The third kappa shape index (κ3) is 8.13. The summed E-state index contributed by atoms with van der Waals surface area (Å²) in [5.41, 5.74) is 9.86. The number of aliphatic hydroxyl groups excluding tert-OH is 1. The quantitative estimate of drug-likeness (QED) is 0.112. The molecule has 4 aromatic carbocycles. The van der Waals surface area contributed by atoms with E-state index in [1.807, 2.05) is 66.7 Å². The highest BCUT2D eigenvalue weighted by molar-refractivity contribution is 7.91. The van der Waals surface area contributed by atoms with Crippen molar-refractivity contribution < 1.29 is 32.5 Å². The third-order valence-corrected chi connectivity index (χ3v) is 8.09. The average molecular weight is 605 g/mol. The van der Waals surface area contributed by atoms with Crippen LogP contribution in [-0.2, 0) is 21.2 Å². The number of benzene rings is 4. The number of methoxy groups -OCH3 is 1. The van der Waals surface area contributed by atoms with Crippen LogP contribution in [-0.4, -0.2) is 52.1 Å². The molecular formula is C33H36N2O7S. The third-order valence-electron chi connectivity index (χ3n) is 6.92. The molecule has 4 aromatic rings. The minimum Gasteiger partial charge on any atom is -0.492 e. The number of ether oxygens (including phenoxy) is 3. The molecule has 0 aromatic heterocycles. The molecule has 0 aliphatic carbocycles. The van der Waals surface area contributed by atoms with Crippen LogP contribution in [0.3, 0.4) is 0 Å². The van der Waals surface area contributed by atoms with Crippen molar-refractivity contribution in [2.75, 3.05) is 32.3 Å². The fourth-order valence-corrected chi connectivity index (χ4v) is 5.59. The first-order valence-corrected chi connectivity index (χ1v) is 15.6. The van der Waals surface area contributed by atoms with E-state index in [1.54, 1.807) is 25.1 Å². The minimum absolute atomic E-state index is 0.0366. The number of carbonyl (C=O) groups is 1. The van der Waals surface area contributed by atoms with E-state index in [2.05, 4.69) is 5.32 Å². The summed E-state index contributed by atoms with van der Waals surface area (Å²) in [5, 5.41) is 14.2. The monoisotopic (exact) mass is 604 g/mol. The Kier molecular flexibility index (Phi) is 10.4. The number of hydrogen-bond donors (Lipinski definition) is 3. The molecule has 0 heterocycles. The van der Waals surface area contributed by atoms with Crippen LogP contribution in [0.4, 0.5) is 5.69 Å². The van der Waals surface area contributed by atoms with Crippen molar-refractivity contribution in [1.29, 1.82) is 0 Å². The van der Waals surface area contributed by atoms with Gasteiger partial charge in [-0.05, 0) is 53.9 Å². The fraction of sp³-hybridized carbons (Fsp3) is 0.242. The van der Waals surface area contributed by atoms with Crippen LogP contribution in [0.15, 0.2) is 95.9 Å². The smallest absolute Gasteiger partial charge is 0.337 e. The number of anilines is 1. The van der Waals surface area contributed by atoms with Crippen molar-refractivity contribution in [3.8, 4) is 22.6 Å². The molecule has 0 unspecified atom stereocenters. The van der Waals surface area contributed by atoms with E-state index in [-0.39, 0.29) is 28.9 Å². The molecule has 0 spiro atoms. The maximum absolute atomic E-state index is 12.6. The highest BCUT2D eigenvalue weighted by Crippen LogP contribution is 2.36. The molecule has 0 fully saturated rings. The molecule has 0 aliphatic heterocycles. The Morgan fingerprint density at radius 2 is 1.53 bits per heavy atom. The van der Waals surface area contributed by atoms with Gasteiger partial charge in [0, 0.05) is 24.4 Å². The zero-order valence-corrected chi connectivity index (χ0v) is 25.1. The van der Waals surface area contributed by atoms with Gasteiger partial charge in [-0.15, -0.1) is 0 Å². The first-order valence-electron chi connectivity index (χ1n) is 13.7. The number of esters is 1. The Labute approximate surface area is 252 Å². The minimum atomic E-state index is -3.75. The van der Waals surface area contributed by atoms with E-state index in [4.69, 9.17) is 19.9 Å². The van der Waals surface area contributed by atoms with Crippen molar-refractivity contribution in [2.45, 2.75) is 30.6 Å². The second-order valence-electron chi connectivity index (χ2n) is 10.1. The number of nitrogens with two attached hydrogens (primary N) is 1. The molecule has 2 atom stereocenters. The second kappa shape index (κ2) is 14.2. The van der Waals surface area contributed by atoms with Crippen LogP contribution in [0.2, 0.25) is 0 Å². The summed E-state index contributed by atoms with van der Waals surface area (Å²) in [6.07, 6.45) is -0.00942. The average Bonchev–Trinajstić information content (AvgIpc) is 3.01. The molecule has 226 valence electrons. The summed E-state index contributed by atoms with van der Waals surface area (Å²) in [4.78, 5) is 11.5. The summed E-state index contributed by atoms with van der Waals surface area (Å²) in [6.45, 7) is 2.71. The van der Waals surface area contributed by atoms with Crippen LogP contribution in [0, 0.1) is 0 Å². The largest absolute Gasteiger partial charge is 0.492 e. The van der Waals surface area contributed by atoms with Crippen molar-refractivity contribution >= 4 is 21.5 Å². The van der Waals surface area contributed by atoms with Crippen molar-refractivity contribution in [2.24, 2.45) is 0 Å². The van der Waals surface area contributed by atoms with Crippen molar-refractivity contribution in [3.05, 3.63) is 108 Å². The van der Waals surface area contributed by atoms with Gasteiger partial charge in [-0.3, -0.25) is 0 Å². The first-order chi connectivity index (χ1) is 20.6. The molecular weight excluding hydrogens is 568 g/mol. The van der Waals surface area contributed by atoms with Gasteiger partial charge in [0.25, 0.3) is 0 Å². The number of hydrogen-bond acceptors (Lipinski definition) is 9. The van der Waals surface area contributed by atoms with Crippen molar-refractivity contribution in [3.63, 3.8) is 0 Å². The van der Waals surface area contributed by atoms with Gasteiger partial charge in [0.1, 0.15) is 29.6 Å². The Bertz CT molecular complexity index is 1620. The number of carbonyl (C=O) groups excluding carboxylic acids is 1. The zero-order chi connectivity index (χ0) is 31.0. The number of rotatable bonds is 13. The Morgan fingerprint density at radius 3 is 2.14 bits per heavy atom. The van der Waals surface area contributed by atoms with Crippen LogP contribution in [0.5, 0.6) is 11.5 Å². The van der Waals surface area contributed by atoms with Crippen LogP contribution >= 0.6 is 0 Å². The summed E-state index contributed by atoms with van der Waals surface area (Å²) in [6, 6.07) is 26.8. The van der Waals surface area contributed by atoms with Gasteiger partial charge < -0.3 is 30.4 Å². The highest BCUT2D eigenvalue weighted by Gasteiger charge is 2.26. The van der Waals surface area contributed by atoms with E-state index in [9.17, 15) is 18.3 Å². The standard InChI is InChI=1S/C33H36N2O7S/c1-22(35-19-20-41-27-15-13-25(14-16-27)24-9-11-26(12-10-24)33(37)40-2)31(36)28-17-18-29(32(30(28)34)43(3,38)39)42-21-23-7-5-4-6-8-23/h4-18,22,31,35-36H,19-21,34H2,1-3H3/t22-,31-/m0/s1. The molecule has 0 saturated carbocycles. The summed E-state index contributed by atoms with van der Waals surface area (Å²) < 4.78 is 41.7. The molecule has 0 saturated heterocycles. The van der Waals surface area contributed by atoms with Crippen molar-refractivity contribution in [1.82, 2.24) is 5.32 Å². The van der Waals surface area contributed by atoms with E-state index >= 15 is 0 Å². The molecule has 0 amide bonds. The predicted octanol–water partition coefficient (Wildman–Crippen LogP) is 4.80. The van der Waals surface area contributed by atoms with Gasteiger partial charge in [-0.1, -0.05) is 60.7 Å². The number of nitrogen functional groups attached to an aromatic ring is 1. The van der Waals surface area contributed by atoms with E-state index in [1.165, 1.54) is 13.2 Å². The summed E-state index contributed by atoms with van der Waals surface area (Å²) >= 11 is 0. The van der Waals surface area contributed by atoms with Gasteiger partial charge in [-0.2, -0.15) is 0 Å². The van der Waals surface area contributed by atoms with Crippen LogP contribution < -0.4 is 20.5 Å². The number of sulfone groups is 1. The fourth-order valence-electron chi connectivity index (χ4n) is 4.58. The maximum Gasteiger partial charge on any atom is 0.337 e. The second-order valence-corrected chi connectivity index (χ2v) is 12.0. The Morgan fingerprint density at radius 1 is 0.907 bits per heavy atom. The maximum atomic E-state index is 12.6. The molecule has 43 heavy (non-hydrogen) atoms. The lowest BCUT2D eigenvalue weighted by atomic mass is 10.0. The summed E-state index contributed by atoms with van der Waals surface area (Å²) in [5.74, 6) is 0.436. The van der Waals surface area contributed by atoms with E-state index in [0.29, 0.717) is 30.0 Å². The molecule has 10 heteroatoms. The summed E-state index contributed by atoms with van der Waals surface area (Å²) in [7, 11) is -2.40. The van der Waals surface area contributed by atoms with Gasteiger partial charge in [-0.25, -0.2) is 13.2 Å². The van der Waals surface area contributed by atoms with Gasteiger partial charge in [0.15, 0.2) is 9.84 Å². The molecule has 0 radical (unpaired) electrons. The lowest BCUT2D eigenvalue weighted by Crippen LogP contribution is -2.35. The lowest BCUT2D eigenvalue weighted by molar-refractivity contribution is 0.0600. The Hall–Kier alpha value is -4.38. The molecule has 4 N–H and O–H groups in total. The molecule has 0 bridgehead atoms. The van der Waals surface area contributed by atoms with Crippen LogP contribution in [0.1, 0.15) is 34.5 Å². The number of nitrogens with one attached hydrogen (secondary N) is 1. The van der Waals surface area contributed by atoms with Gasteiger partial charge in [0.2, 0.25) is 0 Å². The van der Waals surface area contributed by atoms with E-state index in [0.717, 1.165) is 22.9 Å².